The van der Waals surface area contributed by atoms with Gasteiger partial charge in [-0.15, -0.1) is 13.0 Å². The maximum atomic E-state index is 12.5. The molecule has 0 spiro atoms. The largest absolute Gasteiger partial charge is 0.244 e. The van der Waals surface area contributed by atoms with E-state index in [1.54, 1.807) is 30.3 Å². The lowest BCUT2D eigenvalue weighted by atomic mass is 10.2. The number of hydrogen-bond acceptors (Lipinski definition) is 2. The zero-order valence-electron chi connectivity index (χ0n) is 11.7. The molecule has 0 aliphatic carbocycles. The van der Waals surface area contributed by atoms with Gasteiger partial charge in [-0.05, 0) is 25.5 Å². The maximum Gasteiger partial charge on any atom is 0.244 e. The first-order valence-corrected chi connectivity index (χ1v) is 7.63. The Morgan fingerprint density at radius 3 is 2.50 bits per heavy atom. The quantitative estimate of drug-likeness (QED) is 0.572. The molecule has 0 aliphatic rings. The summed E-state index contributed by atoms with van der Waals surface area (Å²) in [5.41, 5.74) is 1.76. The van der Waals surface area contributed by atoms with Crippen LogP contribution in [0.2, 0.25) is 0 Å². The van der Waals surface area contributed by atoms with E-state index in [1.807, 2.05) is 6.92 Å². The van der Waals surface area contributed by atoms with Gasteiger partial charge >= 0.3 is 0 Å². The molecule has 0 aliphatic heterocycles. The van der Waals surface area contributed by atoms with Crippen LogP contribution in [-0.4, -0.2) is 25.8 Å². The Hall–Kier alpha value is -1.83. The maximum absolute atomic E-state index is 12.5. The molecule has 0 radical (unpaired) electrons. The minimum Gasteiger partial charge on any atom is -0.207 e. The zero-order chi connectivity index (χ0) is 15.2. The van der Waals surface area contributed by atoms with Crippen LogP contribution in [0.1, 0.15) is 12.0 Å². The molecule has 0 saturated heterocycles. The highest BCUT2D eigenvalue weighted by Crippen LogP contribution is 2.17. The molecule has 0 atom stereocenters. The third-order valence-corrected chi connectivity index (χ3v) is 4.57. The van der Waals surface area contributed by atoms with Gasteiger partial charge in [0.1, 0.15) is 0 Å². The molecule has 4 heteroatoms. The number of benzene rings is 1. The molecule has 1 rings (SSSR count). The smallest absolute Gasteiger partial charge is 0.207 e. The number of terminal acetylenes is 1. The molecule has 20 heavy (non-hydrogen) atoms. The molecule has 0 N–H and O–H groups in total. The van der Waals surface area contributed by atoms with Crippen molar-refractivity contribution in [3.63, 3.8) is 0 Å². The van der Waals surface area contributed by atoms with Gasteiger partial charge in [0.25, 0.3) is 0 Å². The molecule has 1 aromatic carbocycles. The van der Waals surface area contributed by atoms with E-state index >= 15 is 0 Å². The highest BCUT2D eigenvalue weighted by Gasteiger charge is 2.23. The molecule has 0 unspecified atom stereocenters. The van der Waals surface area contributed by atoms with E-state index in [0.717, 1.165) is 11.1 Å². The lowest BCUT2D eigenvalue weighted by Gasteiger charge is -2.20. The van der Waals surface area contributed by atoms with E-state index < -0.39 is 10.0 Å². The second-order valence-corrected chi connectivity index (χ2v) is 6.47. The molecule has 0 aromatic heterocycles. The predicted octanol–water partition coefficient (Wildman–Crippen LogP) is 2.75. The van der Waals surface area contributed by atoms with E-state index in [1.165, 1.54) is 4.31 Å². The summed E-state index contributed by atoms with van der Waals surface area (Å²) in [4.78, 5) is 0.241. The fourth-order valence-electron chi connectivity index (χ4n) is 1.71. The van der Waals surface area contributed by atoms with Crippen LogP contribution in [0.3, 0.4) is 0 Å². The van der Waals surface area contributed by atoms with Gasteiger partial charge in [0, 0.05) is 6.54 Å². The first-order chi connectivity index (χ1) is 9.41. The Morgan fingerprint density at radius 2 is 2.00 bits per heavy atom. The minimum absolute atomic E-state index is 0.0202. The minimum atomic E-state index is -3.60. The average molecular weight is 289 g/mol. The van der Waals surface area contributed by atoms with Crippen LogP contribution in [-0.2, 0) is 10.0 Å². The van der Waals surface area contributed by atoms with E-state index in [9.17, 15) is 8.42 Å². The average Bonchev–Trinajstić information content (AvgIpc) is 2.39. The van der Waals surface area contributed by atoms with Gasteiger partial charge in [0.2, 0.25) is 10.0 Å². The monoisotopic (exact) mass is 289 g/mol. The topological polar surface area (TPSA) is 37.4 Å². The lowest BCUT2D eigenvalue weighted by Crippen LogP contribution is -2.33. The van der Waals surface area contributed by atoms with E-state index in [0.29, 0.717) is 6.42 Å². The van der Waals surface area contributed by atoms with Crippen LogP contribution >= 0.6 is 0 Å². The van der Waals surface area contributed by atoms with Crippen LogP contribution < -0.4 is 0 Å². The SMILES string of the molecule is C#CCN(CC(=C)CC=C)S(=O)(=O)c1ccc(C)cc1. The van der Waals surface area contributed by atoms with Gasteiger partial charge in [-0.3, -0.25) is 0 Å². The summed E-state index contributed by atoms with van der Waals surface area (Å²) in [6.07, 6.45) is 7.52. The fourth-order valence-corrected chi connectivity index (χ4v) is 3.08. The van der Waals surface area contributed by atoms with Crippen molar-refractivity contribution in [3.8, 4) is 12.3 Å². The molecule has 106 valence electrons. The number of rotatable bonds is 7. The highest BCUT2D eigenvalue weighted by atomic mass is 32.2. The van der Waals surface area contributed by atoms with Crippen molar-refractivity contribution in [1.82, 2.24) is 4.31 Å². The fraction of sp³-hybridized carbons (Fsp3) is 0.250. The van der Waals surface area contributed by atoms with Crippen LogP contribution in [0.4, 0.5) is 0 Å². The van der Waals surface area contributed by atoms with Crippen molar-refractivity contribution < 1.29 is 8.42 Å². The standard InChI is InChI=1S/C16H19NO2S/c1-5-7-15(4)13-17(12-6-2)20(18,19)16-10-8-14(3)9-11-16/h2,5,8-11H,1,4,7,12-13H2,3H3. The molecule has 0 fully saturated rings. The second-order valence-electron chi connectivity index (χ2n) is 4.53. The van der Waals surface area contributed by atoms with E-state index in [-0.39, 0.29) is 18.0 Å². The molecule has 3 nitrogen and oxygen atoms in total. The van der Waals surface area contributed by atoms with Gasteiger partial charge in [0.15, 0.2) is 0 Å². The van der Waals surface area contributed by atoms with Crippen molar-refractivity contribution in [2.24, 2.45) is 0 Å². The summed E-state index contributed by atoms with van der Waals surface area (Å²) < 4.78 is 26.3. The molecule has 1 aromatic rings. The van der Waals surface area contributed by atoms with Crippen LogP contribution in [0.5, 0.6) is 0 Å². The molecule has 0 saturated carbocycles. The molecular formula is C16H19NO2S. The number of sulfonamides is 1. The zero-order valence-corrected chi connectivity index (χ0v) is 12.5. The summed E-state index contributed by atoms with van der Waals surface area (Å²) in [5.74, 6) is 2.38. The van der Waals surface area contributed by atoms with Crippen LogP contribution in [0, 0.1) is 19.3 Å². The highest BCUT2D eigenvalue weighted by molar-refractivity contribution is 7.89. The summed E-state index contributed by atoms with van der Waals surface area (Å²) in [6.45, 7) is 9.58. The first kappa shape index (κ1) is 16.2. The molecule has 0 bridgehead atoms. The Balaban J connectivity index is 3.06. The molecule has 0 heterocycles. The van der Waals surface area contributed by atoms with E-state index in [2.05, 4.69) is 19.1 Å². The van der Waals surface area contributed by atoms with Crippen molar-refractivity contribution in [2.75, 3.05) is 13.1 Å². The second kappa shape index (κ2) is 7.09. The Morgan fingerprint density at radius 1 is 1.40 bits per heavy atom. The summed E-state index contributed by atoms with van der Waals surface area (Å²) in [7, 11) is -3.60. The van der Waals surface area contributed by atoms with Crippen LogP contribution in [0.15, 0.2) is 54.0 Å². The third-order valence-electron chi connectivity index (χ3n) is 2.76. The first-order valence-electron chi connectivity index (χ1n) is 6.19. The molecule has 0 amide bonds. The van der Waals surface area contributed by atoms with Gasteiger partial charge in [-0.25, -0.2) is 8.42 Å². The summed E-state index contributed by atoms with van der Waals surface area (Å²) in [6, 6.07) is 6.70. The number of allylic oxidation sites excluding steroid dienone is 1. The lowest BCUT2D eigenvalue weighted by molar-refractivity contribution is 0.469. The van der Waals surface area contributed by atoms with Crippen molar-refractivity contribution >= 4 is 10.0 Å². The number of hydrogen-bond donors (Lipinski definition) is 0. The third kappa shape index (κ3) is 4.09. The summed E-state index contributed by atoms with van der Waals surface area (Å²) in [5, 5.41) is 0. The Labute approximate surface area is 121 Å². The van der Waals surface area contributed by atoms with Crippen molar-refractivity contribution in [3.05, 3.63) is 54.6 Å². The molecular weight excluding hydrogens is 270 g/mol. The van der Waals surface area contributed by atoms with Gasteiger partial charge in [-0.1, -0.05) is 41.8 Å². The van der Waals surface area contributed by atoms with Crippen molar-refractivity contribution in [1.29, 1.82) is 0 Å². The predicted molar refractivity (Wildman–Crippen MR) is 82.7 cm³/mol. The Bertz CT molecular complexity index is 621. The van der Waals surface area contributed by atoms with Crippen LogP contribution in [0.25, 0.3) is 0 Å². The van der Waals surface area contributed by atoms with Gasteiger partial charge in [0.05, 0.1) is 11.4 Å². The Kier molecular flexibility index (Phi) is 5.75. The number of aryl methyl sites for hydroxylation is 1. The number of nitrogens with zero attached hydrogens (tertiary/aromatic N) is 1. The summed E-state index contributed by atoms with van der Waals surface area (Å²) >= 11 is 0. The normalized spacial score (nSPS) is 11.1. The van der Waals surface area contributed by atoms with E-state index in [4.69, 9.17) is 6.42 Å². The van der Waals surface area contributed by atoms with Crippen molar-refractivity contribution in [2.45, 2.75) is 18.2 Å². The van der Waals surface area contributed by atoms with Gasteiger partial charge < -0.3 is 0 Å². The van der Waals surface area contributed by atoms with Gasteiger partial charge in [-0.2, -0.15) is 4.31 Å².